The number of rotatable bonds is 3. The van der Waals surface area contributed by atoms with Gasteiger partial charge in [0.05, 0.1) is 12.4 Å². The molecule has 0 aliphatic rings. The molecule has 0 saturated carbocycles. The lowest BCUT2D eigenvalue weighted by atomic mass is 10.0. The molecule has 8 heteroatoms. The first kappa shape index (κ1) is 18.6. The highest BCUT2D eigenvalue weighted by Gasteiger charge is 2.13. The number of aryl methyl sites for hydroxylation is 1. The molecule has 8 nitrogen and oxygen atoms in total. The summed E-state index contributed by atoms with van der Waals surface area (Å²) in [5.74, 6) is 0. The van der Waals surface area contributed by atoms with E-state index < -0.39 is 6.10 Å². The molecule has 1 aromatic carbocycles. The summed E-state index contributed by atoms with van der Waals surface area (Å²) >= 11 is 0. The fraction of sp³-hybridized carbons (Fsp3) is 0.353. The van der Waals surface area contributed by atoms with Crippen molar-refractivity contribution in [2.24, 2.45) is 14.1 Å². The predicted molar refractivity (Wildman–Crippen MR) is 96.5 cm³/mol. The largest absolute Gasteiger partial charge is 0.387 e. The summed E-state index contributed by atoms with van der Waals surface area (Å²) in [6.45, 7) is 1.96. The van der Waals surface area contributed by atoms with Crippen LogP contribution in [0.25, 0.3) is 11.2 Å². The third-order valence-corrected chi connectivity index (χ3v) is 4.10. The Morgan fingerprint density at radius 1 is 1.16 bits per heavy atom. The zero-order valence-electron chi connectivity index (χ0n) is 14.7. The highest BCUT2D eigenvalue weighted by molar-refractivity contribution is 5.68. The first-order valence-corrected chi connectivity index (χ1v) is 7.87. The highest BCUT2D eigenvalue weighted by Crippen LogP contribution is 2.15. The van der Waals surface area contributed by atoms with E-state index in [2.05, 4.69) is 15.3 Å². The topological polar surface area (TPSA) is 105 Å². The number of H-pyrrole nitrogens is 1. The smallest absolute Gasteiger partial charge is 0.332 e. The van der Waals surface area contributed by atoms with E-state index in [4.69, 9.17) is 0 Å². The van der Waals surface area contributed by atoms with Crippen LogP contribution in [0.5, 0.6) is 0 Å². The Kier molecular flexibility index (Phi) is 5.89. The minimum Gasteiger partial charge on any atom is -0.387 e. The van der Waals surface area contributed by atoms with E-state index in [1.54, 1.807) is 7.05 Å². The number of aliphatic hydroxyl groups excluding tert-OH is 1. The van der Waals surface area contributed by atoms with Crippen molar-refractivity contribution in [1.82, 2.24) is 24.4 Å². The Morgan fingerprint density at radius 3 is 2.40 bits per heavy atom. The Balaban J connectivity index is 0.000000181. The molecule has 0 unspecified atom stereocenters. The molecule has 2 aromatic heterocycles. The molecule has 25 heavy (non-hydrogen) atoms. The van der Waals surface area contributed by atoms with Gasteiger partial charge in [0.2, 0.25) is 0 Å². The molecule has 2 atom stereocenters. The van der Waals surface area contributed by atoms with E-state index in [0.717, 1.165) is 10.1 Å². The Morgan fingerprint density at radius 2 is 1.80 bits per heavy atom. The van der Waals surface area contributed by atoms with E-state index in [9.17, 15) is 14.7 Å². The summed E-state index contributed by atoms with van der Waals surface area (Å²) < 4.78 is 2.37. The SMILES string of the molecule is CN[C@@H](C)[C@H](O)c1ccccc1.Cn1c(=O)c2[nH]cnc2n(C)c1=O. The van der Waals surface area contributed by atoms with Crippen molar-refractivity contribution in [2.45, 2.75) is 19.1 Å². The fourth-order valence-electron chi connectivity index (χ4n) is 2.37. The highest BCUT2D eigenvalue weighted by atomic mass is 16.3. The van der Waals surface area contributed by atoms with E-state index in [1.165, 1.54) is 17.9 Å². The molecule has 3 aromatic rings. The van der Waals surface area contributed by atoms with Gasteiger partial charge in [-0.25, -0.2) is 9.78 Å². The van der Waals surface area contributed by atoms with Crippen LogP contribution >= 0.6 is 0 Å². The fourth-order valence-corrected chi connectivity index (χ4v) is 2.37. The number of nitrogens with one attached hydrogen (secondary N) is 2. The van der Waals surface area contributed by atoms with Crippen molar-refractivity contribution in [1.29, 1.82) is 0 Å². The second-order valence-corrected chi connectivity index (χ2v) is 5.74. The Bertz CT molecular complexity index is 942. The lowest BCUT2D eigenvalue weighted by molar-refractivity contribution is 0.140. The number of nitrogens with zero attached hydrogens (tertiary/aromatic N) is 3. The zero-order chi connectivity index (χ0) is 18.6. The van der Waals surface area contributed by atoms with Gasteiger partial charge in [-0.15, -0.1) is 0 Å². The van der Waals surface area contributed by atoms with Crippen LogP contribution in [0.15, 0.2) is 46.2 Å². The van der Waals surface area contributed by atoms with Gasteiger partial charge in [0.1, 0.15) is 5.52 Å². The summed E-state index contributed by atoms with van der Waals surface area (Å²) in [5, 5.41) is 12.7. The molecule has 134 valence electrons. The number of aromatic amines is 1. The number of hydrogen-bond acceptors (Lipinski definition) is 5. The van der Waals surface area contributed by atoms with Crippen molar-refractivity contribution < 1.29 is 5.11 Å². The molecule has 3 rings (SSSR count). The normalized spacial score (nSPS) is 13.2. The molecular formula is C17H23N5O3. The molecule has 0 fully saturated rings. The molecule has 0 aliphatic heterocycles. The molecule has 0 spiro atoms. The summed E-state index contributed by atoms with van der Waals surface area (Å²) in [7, 11) is 4.85. The number of fused-ring (bicyclic) bond motifs is 1. The van der Waals surface area contributed by atoms with Gasteiger partial charge in [-0.05, 0) is 19.5 Å². The quantitative estimate of drug-likeness (QED) is 0.633. The Hall–Kier alpha value is -2.71. The summed E-state index contributed by atoms with van der Waals surface area (Å²) in [4.78, 5) is 29.4. The Labute approximate surface area is 144 Å². The first-order chi connectivity index (χ1) is 11.9. The number of likely N-dealkylation sites (N-methyl/N-ethyl adjacent to an activating group) is 1. The van der Waals surface area contributed by atoms with E-state index >= 15 is 0 Å². The van der Waals surface area contributed by atoms with E-state index in [0.29, 0.717) is 11.2 Å². The lowest BCUT2D eigenvalue weighted by Gasteiger charge is -2.17. The van der Waals surface area contributed by atoms with Gasteiger partial charge in [-0.2, -0.15) is 0 Å². The average molecular weight is 345 g/mol. The molecule has 0 bridgehead atoms. The van der Waals surface area contributed by atoms with Gasteiger partial charge in [0.25, 0.3) is 5.56 Å². The van der Waals surface area contributed by atoms with Gasteiger partial charge < -0.3 is 15.4 Å². The van der Waals surface area contributed by atoms with Crippen LogP contribution in [-0.2, 0) is 14.1 Å². The molecule has 0 amide bonds. The van der Waals surface area contributed by atoms with Crippen molar-refractivity contribution in [3.05, 3.63) is 63.1 Å². The summed E-state index contributed by atoms with van der Waals surface area (Å²) in [6, 6.07) is 9.76. The predicted octanol–water partition coefficient (Wildman–Crippen LogP) is 0.288. The van der Waals surface area contributed by atoms with Crippen LogP contribution in [0.3, 0.4) is 0 Å². The molecule has 0 saturated heterocycles. The number of hydrogen-bond donors (Lipinski definition) is 3. The average Bonchev–Trinajstić information content (AvgIpc) is 3.14. The van der Waals surface area contributed by atoms with Crippen LogP contribution in [-0.4, -0.2) is 37.3 Å². The van der Waals surface area contributed by atoms with Crippen LogP contribution in [0, 0.1) is 0 Å². The third-order valence-electron chi connectivity index (χ3n) is 4.10. The number of imidazole rings is 1. The first-order valence-electron chi connectivity index (χ1n) is 7.87. The third kappa shape index (κ3) is 3.86. The summed E-state index contributed by atoms with van der Waals surface area (Å²) in [6.07, 6.45) is 0.974. The number of aliphatic hydroxyl groups is 1. The van der Waals surface area contributed by atoms with Gasteiger partial charge in [0, 0.05) is 20.1 Å². The monoisotopic (exact) mass is 345 g/mol. The van der Waals surface area contributed by atoms with Gasteiger partial charge in [0.15, 0.2) is 5.65 Å². The minimum atomic E-state index is -0.420. The minimum absolute atomic E-state index is 0.0902. The van der Waals surface area contributed by atoms with Crippen LogP contribution in [0.1, 0.15) is 18.6 Å². The molecule has 0 radical (unpaired) electrons. The van der Waals surface area contributed by atoms with Gasteiger partial charge in [-0.1, -0.05) is 30.3 Å². The van der Waals surface area contributed by atoms with Gasteiger partial charge >= 0.3 is 5.69 Å². The van der Waals surface area contributed by atoms with Crippen molar-refractivity contribution in [3.63, 3.8) is 0 Å². The molecular weight excluding hydrogens is 322 g/mol. The summed E-state index contributed by atoms with van der Waals surface area (Å²) in [5.41, 5.74) is 0.970. The maximum absolute atomic E-state index is 11.4. The van der Waals surface area contributed by atoms with Crippen LogP contribution in [0.2, 0.25) is 0 Å². The van der Waals surface area contributed by atoms with E-state index in [1.807, 2.05) is 44.3 Å². The van der Waals surface area contributed by atoms with Gasteiger partial charge in [-0.3, -0.25) is 13.9 Å². The maximum Gasteiger partial charge on any atom is 0.332 e. The number of benzene rings is 1. The molecule has 3 N–H and O–H groups in total. The van der Waals surface area contributed by atoms with Crippen LogP contribution in [0.4, 0.5) is 0 Å². The number of aromatic nitrogens is 4. The van der Waals surface area contributed by atoms with Crippen LogP contribution < -0.4 is 16.6 Å². The standard InChI is InChI=1S/C10H15NO.C7H8N4O2/c1-8(11-2)10(12)9-6-4-3-5-7-9;1-10-5-4(8-3-9-5)6(12)11(2)7(10)13/h3-8,10-12H,1-2H3;3H,1-2H3,(H,8,9)/t8-,10-;/m0./s1. The van der Waals surface area contributed by atoms with Crippen molar-refractivity contribution in [2.75, 3.05) is 7.05 Å². The molecule has 0 aliphatic carbocycles. The zero-order valence-corrected chi connectivity index (χ0v) is 14.7. The second-order valence-electron chi connectivity index (χ2n) is 5.74. The maximum atomic E-state index is 11.4. The van der Waals surface area contributed by atoms with Crippen molar-refractivity contribution >= 4 is 11.2 Å². The lowest BCUT2D eigenvalue weighted by Crippen LogP contribution is -2.36. The van der Waals surface area contributed by atoms with Crippen molar-refractivity contribution in [3.8, 4) is 0 Å². The van der Waals surface area contributed by atoms with E-state index in [-0.39, 0.29) is 17.3 Å². The molecule has 2 heterocycles. The second kappa shape index (κ2) is 7.91.